The van der Waals surface area contributed by atoms with Gasteiger partial charge in [-0.15, -0.1) is 0 Å². The van der Waals surface area contributed by atoms with Crippen molar-refractivity contribution in [3.63, 3.8) is 0 Å². The number of phenols is 1. The van der Waals surface area contributed by atoms with E-state index in [1.807, 2.05) is 0 Å². The van der Waals surface area contributed by atoms with E-state index in [0.29, 0.717) is 0 Å². The number of benzene rings is 1. The van der Waals surface area contributed by atoms with Gasteiger partial charge in [-0.2, -0.15) is 0 Å². The fourth-order valence-electron chi connectivity index (χ4n) is 0.822. The molecule has 0 fully saturated rings. The van der Waals surface area contributed by atoms with Crippen molar-refractivity contribution in [2.45, 2.75) is 6.92 Å². The number of halogens is 2. The summed E-state index contributed by atoms with van der Waals surface area (Å²) < 4.78 is 13.0. The lowest BCUT2D eigenvalue weighted by Gasteiger charge is -2.04. The highest BCUT2D eigenvalue weighted by molar-refractivity contribution is 6.32. The predicted molar refractivity (Wildman–Crippen MR) is 47.4 cm³/mol. The van der Waals surface area contributed by atoms with Crippen molar-refractivity contribution in [2.75, 3.05) is 5.32 Å². The Kier molecular flexibility index (Phi) is 2.72. The third-order valence-electron chi connectivity index (χ3n) is 1.35. The van der Waals surface area contributed by atoms with Crippen LogP contribution in [0.3, 0.4) is 0 Å². The Bertz CT molecular complexity index is 354. The van der Waals surface area contributed by atoms with Crippen LogP contribution < -0.4 is 5.32 Å². The first-order chi connectivity index (χ1) is 6.00. The molecule has 1 aromatic carbocycles. The highest BCUT2D eigenvalue weighted by atomic mass is 35.5. The second kappa shape index (κ2) is 3.62. The molecule has 0 heterocycles. The number of aromatic hydroxyl groups is 1. The zero-order chi connectivity index (χ0) is 10.0. The maximum atomic E-state index is 13.0. The molecule has 0 aliphatic carbocycles. The Balaban J connectivity index is 3.08. The van der Waals surface area contributed by atoms with Gasteiger partial charge in [-0.25, -0.2) is 4.39 Å². The number of hydrogen-bond donors (Lipinski definition) is 2. The van der Waals surface area contributed by atoms with Crippen molar-refractivity contribution in [1.29, 1.82) is 0 Å². The summed E-state index contributed by atoms with van der Waals surface area (Å²) in [5.74, 6) is -1.48. The lowest BCUT2D eigenvalue weighted by atomic mass is 10.3. The molecule has 13 heavy (non-hydrogen) atoms. The van der Waals surface area contributed by atoms with Crippen LogP contribution >= 0.6 is 11.6 Å². The minimum absolute atomic E-state index is 0.00912. The van der Waals surface area contributed by atoms with E-state index in [0.717, 1.165) is 12.1 Å². The minimum Gasteiger partial charge on any atom is -0.506 e. The zero-order valence-corrected chi connectivity index (χ0v) is 7.52. The van der Waals surface area contributed by atoms with Gasteiger partial charge < -0.3 is 10.4 Å². The summed E-state index contributed by atoms with van der Waals surface area (Å²) >= 11 is 5.50. The SMILES string of the molecule is CC(=O)Nc1cc(Cl)c(O)cc1F. The fourth-order valence-corrected chi connectivity index (χ4v) is 0.985. The second-order valence-corrected chi connectivity index (χ2v) is 2.87. The van der Waals surface area contributed by atoms with Crippen molar-refractivity contribution >= 4 is 23.2 Å². The summed E-state index contributed by atoms with van der Waals surface area (Å²) in [6, 6.07) is 1.99. The quantitative estimate of drug-likeness (QED) is 0.687. The van der Waals surface area contributed by atoms with Crippen LogP contribution in [0.15, 0.2) is 12.1 Å². The van der Waals surface area contributed by atoms with E-state index < -0.39 is 11.7 Å². The summed E-state index contributed by atoms with van der Waals surface area (Å²) in [5.41, 5.74) is -0.0460. The van der Waals surface area contributed by atoms with Crippen LogP contribution in [0.1, 0.15) is 6.92 Å². The molecular weight excluding hydrogens is 197 g/mol. The van der Waals surface area contributed by atoms with Crippen LogP contribution in [0.5, 0.6) is 5.75 Å². The molecule has 0 aliphatic heterocycles. The van der Waals surface area contributed by atoms with Gasteiger partial charge in [0.2, 0.25) is 5.91 Å². The number of amides is 1. The molecule has 1 rings (SSSR count). The molecule has 0 aromatic heterocycles. The maximum absolute atomic E-state index is 13.0. The van der Waals surface area contributed by atoms with E-state index in [1.54, 1.807) is 0 Å². The largest absolute Gasteiger partial charge is 0.506 e. The smallest absolute Gasteiger partial charge is 0.221 e. The number of carbonyl (C=O) groups excluding carboxylic acids is 1. The molecule has 2 N–H and O–H groups in total. The summed E-state index contributed by atoms with van der Waals surface area (Å²) in [4.78, 5) is 10.6. The van der Waals surface area contributed by atoms with Gasteiger partial charge in [0.1, 0.15) is 11.6 Å². The van der Waals surface area contributed by atoms with Crippen molar-refractivity contribution in [2.24, 2.45) is 0 Å². The number of rotatable bonds is 1. The van der Waals surface area contributed by atoms with E-state index in [4.69, 9.17) is 16.7 Å². The molecule has 0 saturated heterocycles. The maximum Gasteiger partial charge on any atom is 0.221 e. The number of nitrogens with one attached hydrogen (secondary N) is 1. The highest BCUT2D eigenvalue weighted by Gasteiger charge is 2.08. The van der Waals surface area contributed by atoms with E-state index in [2.05, 4.69) is 5.32 Å². The number of hydrogen-bond acceptors (Lipinski definition) is 2. The fraction of sp³-hybridized carbons (Fsp3) is 0.125. The normalized spacial score (nSPS) is 9.77. The van der Waals surface area contributed by atoms with Crippen LogP contribution in [-0.4, -0.2) is 11.0 Å². The number of phenolic OH excluding ortho intramolecular Hbond substituents is 1. The van der Waals surface area contributed by atoms with E-state index in [1.165, 1.54) is 6.92 Å². The molecule has 0 saturated carbocycles. The van der Waals surface area contributed by atoms with Gasteiger partial charge in [-0.3, -0.25) is 4.79 Å². The molecule has 0 radical (unpaired) electrons. The molecule has 1 amide bonds. The Morgan fingerprint density at radius 3 is 2.77 bits per heavy atom. The Morgan fingerprint density at radius 1 is 1.62 bits per heavy atom. The molecule has 70 valence electrons. The third-order valence-corrected chi connectivity index (χ3v) is 1.65. The van der Waals surface area contributed by atoms with E-state index in [-0.39, 0.29) is 16.5 Å². The van der Waals surface area contributed by atoms with Gasteiger partial charge in [0.15, 0.2) is 0 Å². The molecule has 5 heteroatoms. The molecular formula is C8H7ClFNO2. The molecule has 1 aromatic rings. The minimum atomic E-state index is -0.725. The van der Waals surface area contributed by atoms with Gasteiger partial charge in [-0.1, -0.05) is 11.6 Å². The Morgan fingerprint density at radius 2 is 2.23 bits per heavy atom. The van der Waals surface area contributed by atoms with Crippen molar-refractivity contribution in [3.05, 3.63) is 23.0 Å². The zero-order valence-electron chi connectivity index (χ0n) is 6.77. The van der Waals surface area contributed by atoms with Gasteiger partial charge in [0, 0.05) is 13.0 Å². The average molecular weight is 204 g/mol. The molecule has 0 atom stereocenters. The van der Waals surface area contributed by atoms with Crippen molar-refractivity contribution in [1.82, 2.24) is 0 Å². The summed E-state index contributed by atoms with van der Waals surface area (Å²) in [6.45, 7) is 1.25. The van der Waals surface area contributed by atoms with Crippen LogP contribution in [-0.2, 0) is 4.79 Å². The van der Waals surface area contributed by atoms with Gasteiger partial charge in [-0.05, 0) is 6.07 Å². The van der Waals surface area contributed by atoms with Crippen molar-refractivity contribution < 1.29 is 14.3 Å². The molecule has 0 aliphatic rings. The third kappa shape index (κ3) is 2.32. The van der Waals surface area contributed by atoms with E-state index in [9.17, 15) is 9.18 Å². The van der Waals surface area contributed by atoms with Crippen molar-refractivity contribution in [3.8, 4) is 5.75 Å². The molecule has 0 bridgehead atoms. The molecule has 3 nitrogen and oxygen atoms in total. The van der Waals surface area contributed by atoms with Crippen LogP contribution in [0.25, 0.3) is 0 Å². The van der Waals surface area contributed by atoms with Crippen LogP contribution in [0.2, 0.25) is 5.02 Å². The first kappa shape index (κ1) is 9.80. The molecule has 0 spiro atoms. The van der Waals surface area contributed by atoms with Crippen LogP contribution in [0, 0.1) is 5.82 Å². The van der Waals surface area contributed by atoms with Gasteiger partial charge >= 0.3 is 0 Å². The number of carbonyl (C=O) groups is 1. The predicted octanol–water partition coefficient (Wildman–Crippen LogP) is 2.14. The summed E-state index contributed by atoms with van der Waals surface area (Å²) in [7, 11) is 0. The van der Waals surface area contributed by atoms with E-state index >= 15 is 0 Å². The van der Waals surface area contributed by atoms with Gasteiger partial charge in [0.05, 0.1) is 10.7 Å². The Hall–Kier alpha value is -1.29. The average Bonchev–Trinajstić information content (AvgIpc) is 1.99. The highest BCUT2D eigenvalue weighted by Crippen LogP contribution is 2.28. The topological polar surface area (TPSA) is 49.3 Å². The lowest BCUT2D eigenvalue weighted by molar-refractivity contribution is -0.114. The first-order valence-electron chi connectivity index (χ1n) is 3.46. The van der Waals surface area contributed by atoms with Gasteiger partial charge in [0.25, 0.3) is 0 Å². The molecule has 0 unspecified atom stereocenters. The Labute approximate surface area is 79.1 Å². The standard InChI is InChI=1S/C8H7ClFNO2/c1-4(12)11-7-2-5(9)8(13)3-6(7)10/h2-3,13H,1H3,(H,11,12). The van der Waals surface area contributed by atoms with Crippen LogP contribution in [0.4, 0.5) is 10.1 Å². The first-order valence-corrected chi connectivity index (χ1v) is 3.84. The monoisotopic (exact) mass is 203 g/mol. The number of anilines is 1. The summed E-state index contributed by atoms with van der Waals surface area (Å²) in [5, 5.41) is 11.2. The lowest BCUT2D eigenvalue weighted by Crippen LogP contribution is -2.07. The summed E-state index contributed by atoms with van der Waals surface area (Å²) in [6.07, 6.45) is 0. The second-order valence-electron chi connectivity index (χ2n) is 2.46.